The molecule has 0 amide bonds. The van der Waals surface area contributed by atoms with E-state index in [-0.39, 0.29) is 0 Å². The molecule has 60 valence electrons. The van der Waals surface area contributed by atoms with E-state index in [0.717, 1.165) is 26.1 Å². The second kappa shape index (κ2) is 3.91. The minimum Gasteiger partial charge on any atom is -0.301 e. The lowest BCUT2D eigenvalue weighted by atomic mass is 10.3. The first-order chi connectivity index (χ1) is 4.86. The maximum absolute atomic E-state index is 4.99. The Labute approximate surface area is 61.8 Å². The minimum absolute atomic E-state index is 0.296. The maximum Gasteiger partial charge on any atom is 0.107 e. The molecule has 1 heterocycles. The highest BCUT2D eigenvalue weighted by Gasteiger charge is 2.21. The van der Waals surface area contributed by atoms with E-state index in [4.69, 9.17) is 4.89 Å². The summed E-state index contributed by atoms with van der Waals surface area (Å²) >= 11 is 0. The second-order valence-electron chi connectivity index (χ2n) is 2.57. The molecular weight excluding hydrogens is 130 g/mol. The molecule has 0 aromatic rings. The lowest BCUT2D eigenvalue weighted by Gasteiger charge is -2.11. The first kappa shape index (κ1) is 7.98. The molecule has 0 N–H and O–H groups in total. The van der Waals surface area contributed by atoms with Gasteiger partial charge in [-0.2, -0.15) is 0 Å². The van der Waals surface area contributed by atoms with Crippen LogP contribution in [-0.2, 0) is 9.78 Å². The normalized spacial score (nSPS) is 27.6. The summed E-state index contributed by atoms with van der Waals surface area (Å²) in [6, 6.07) is 0. The van der Waals surface area contributed by atoms with Crippen LogP contribution in [0.4, 0.5) is 0 Å². The van der Waals surface area contributed by atoms with Gasteiger partial charge in [0, 0.05) is 13.1 Å². The summed E-state index contributed by atoms with van der Waals surface area (Å²) < 4.78 is 0. The van der Waals surface area contributed by atoms with Crippen molar-refractivity contribution in [2.45, 2.75) is 19.4 Å². The van der Waals surface area contributed by atoms with Crippen molar-refractivity contribution >= 4 is 0 Å². The van der Waals surface area contributed by atoms with Gasteiger partial charge in [-0.1, -0.05) is 6.92 Å². The fourth-order valence-electron chi connectivity index (χ4n) is 1.30. The average molecular weight is 145 g/mol. The van der Waals surface area contributed by atoms with Gasteiger partial charge in [0.05, 0.1) is 7.11 Å². The van der Waals surface area contributed by atoms with Crippen LogP contribution in [0, 0.1) is 0 Å². The van der Waals surface area contributed by atoms with E-state index in [0.29, 0.717) is 6.10 Å². The zero-order chi connectivity index (χ0) is 7.40. The fraction of sp³-hybridized carbons (Fsp3) is 1.00. The predicted molar refractivity (Wildman–Crippen MR) is 38.6 cm³/mol. The van der Waals surface area contributed by atoms with Crippen molar-refractivity contribution in [1.29, 1.82) is 0 Å². The van der Waals surface area contributed by atoms with Crippen molar-refractivity contribution in [3.8, 4) is 0 Å². The molecule has 1 unspecified atom stereocenters. The molecule has 0 saturated carbocycles. The molecule has 1 saturated heterocycles. The lowest BCUT2D eigenvalue weighted by molar-refractivity contribution is -0.300. The lowest BCUT2D eigenvalue weighted by Crippen LogP contribution is -2.22. The standard InChI is InChI=1S/C7H15NO2/c1-3-8-5-4-7(6-8)10-9-2/h7H,3-6H2,1-2H3. The Hall–Kier alpha value is -0.120. The number of likely N-dealkylation sites (N-methyl/N-ethyl adjacent to an activating group) is 1. The second-order valence-corrected chi connectivity index (χ2v) is 2.57. The molecule has 1 atom stereocenters. The molecule has 1 fully saturated rings. The summed E-state index contributed by atoms with van der Waals surface area (Å²) in [5.74, 6) is 0. The van der Waals surface area contributed by atoms with Gasteiger partial charge in [-0.3, -0.25) is 0 Å². The van der Waals surface area contributed by atoms with Crippen LogP contribution in [-0.4, -0.2) is 37.7 Å². The molecule has 10 heavy (non-hydrogen) atoms. The number of hydrogen-bond donors (Lipinski definition) is 0. The third-order valence-electron chi connectivity index (χ3n) is 1.91. The first-order valence-electron chi connectivity index (χ1n) is 3.78. The Morgan fingerprint density at radius 1 is 1.60 bits per heavy atom. The molecule has 0 radical (unpaired) electrons. The van der Waals surface area contributed by atoms with Crippen LogP contribution in [0.3, 0.4) is 0 Å². The summed E-state index contributed by atoms with van der Waals surface area (Å²) in [7, 11) is 1.56. The number of rotatable bonds is 3. The zero-order valence-electron chi connectivity index (χ0n) is 6.67. The Bertz CT molecular complexity index is 97.6. The Morgan fingerprint density at radius 3 is 2.90 bits per heavy atom. The van der Waals surface area contributed by atoms with Gasteiger partial charge in [0.15, 0.2) is 0 Å². The zero-order valence-corrected chi connectivity index (χ0v) is 6.67. The highest BCUT2D eigenvalue weighted by Crippen LogP contribution is 2.11. The quantitative estimate of drug-likeness (QED) is 0.430. The third kappa shape index (κ3) is 1.94. The maximum atomic E-state index is 4.99. The SMILES string of the molecule is CCN1CCC(OOC)C1. The van der Waals surface area contributed by atoms with Gasteiger partial charge in [0.25, 0.3) is 0 Å². The van der Waals surface area contributed by atoms with Crippen LogP contribution in [0.2, 0.25) is 0 Å². The smallest absolute Gasteiger partial charge is 0.107 e. The Balaban J connectivity index is 2.15. The van der Waals surface area contributed by atoms with E-state index in [1.165, 1.54) is 0 Å². The van der Waals surface area contributed by atoms with Crippen LogP contribution >= 0.6 is 0 Å². The fourth-order valence-corrected chi connectivity index (χ4v) is 1.30. The monoisotopic (exact) mass is 145 g/mol. The molecule has 3 heteroatoms. The summed E-state index contributed by atoms with van der Waals surface area (Å²) in [6.07, 6.45) is 1.40. The Morgan fingerprint density at radius 2 is 2.40 bits per heavy atom. The van der Waals surface area contributed by atoms with Crippen LogP contribution in [0.15, 0.2) is 0 Å². The molecule has 3 nitrogen and oxygen atoms in total. The van der Waals surface area contributed by atoms with Gasteiger partial charge >= 0.3 is 0 Å². The van der Waals surface area contributed by atoms with Crippen molar-refractivity contribution in [3.63, 3.8) is 0 Å². The van der Waals surface area contributed by atoms with Gasteiger partial charge in [-0.05, 0) is 13.0 Å². The van der Waals surface area contributed by atoms with Crippen molar-refractivity contribution in [1.82, 2.24) is 4.90 Å². The van der Waals surface area contributed by atoms with E-state index in [2.05, 4.69) is 16.7 Å². The van der Waals surface area contributed by atoms with Gasteiger partial charge < -0.3 is 4.90 Å². The van der Waals surface area contributed by atoms with Crippen molar-refractivity contribution < 1.29 is 9.78 Å². The van der Waals surface area contributed by atoms with E-state index < -0.39 is 0 Å². The number of hydrogen-bond acceptors (Lipinski definition) is 3. The summed E-state index contributed by atoms with van der Waals surface area (Å²) in [4.78, 5) is 11.9. The molecule has 0 spiro atoms. The molecule has 1 rings (SSSR count). The highest BCUT2D eigenvalue weighted by atomic mass is 17.2. The topological polar surface area (TPSA) is 21.7 Å². The minimum atomic E-state index is 0.296. The van der Waals surface area contributed by atoms with Crippen molar-refractivity contribution in [2.75, 3.05) is 26.7 Å². The van der Waals surface area contributed by atoms with Crippen molar-refractivity contribution in [3.05, 3.63) is 0 Å². The first-order valence-corrected chi connectivity index (χ1v) is 3.78. The summed E-state index contributed by atoms with van der Waals surface area (Å²) in [5.41, 5.74) is 0. The van der Waals surface area contributed by atoms with Crippen molar-refractivity contribution in [2.24, 2.45) is 0 Å². The third-order valence-corrected chi connectivity index (χ3v) is 1.91. The van der Waals surface area contributed by atoms with E-state index in [1.54, 1.807) is 7.11 Å². The number of nitrogens with zero attached hydrogens (tertiary/aromatic N) is 1. The average Bonchev–Trinajstić information content (AvgIpc) is 2.37. The molecule has 0 bridgehead atoms. The van der Waals surface area contributed by atoms with Gasteiger partial charge in [-0.25, -0.2) is 9.78 Å². The van der Waals surface area contributed by atoms with Crippen LogP contribution in [0.25, 0.3) is 0 Å². The summed E-state index contributed by atoms with van der Waals surface area (Å²) in [5, 5.41) is 0. The highest BCUT2D eigenvalue weighted by molar-refractivity contribution is 4.73. The molecule has 0 aromatic heterocycles. The summed E-state index contributed by atoms with van der Waals surface area (Å²) in [6.45, 7) is 5.44. The van der Waals surface area contributed by atoms with E-state index >= 15 is 0 Å². The molecule has 0 aliphatic carbocycles. The molecule has 1 aliphatic rings. The largest absolute Gasteiger partial charge is 0.301 e. The number of likely N-dealkylation sites (tertiary alicyclic amines) is 1. The van der Waals surface area contributed by atoms with E-state index in [9.17, 15) is 0 Å². The molecule has 1 aliphatic heterocycles. The van der Waals surface area contributed by atoms with Crippen LogP contribution in [0.5, 0.6) is 0 Å². The predicted octanol–water partition coefficient (Wildman–Crippen LogP) is 0.659. The van der Waals surface area contributed by atoms with E-state index in [1.807, 2.05) is 0 Å². The molecule has 0 aromatic carbocycles. The van der Waals surface area contributed by atoms with Gasteiger partial charge in [-0.15, -0.1) is 0 Å². The Kier molecular flexibility index (Phi) is 3.12. The van der Waals surface area contributed by atoms with Gasteiger partial charge in [0.1, 0.15) is 6.10 Å². The molecular formula is C7H15NO2. The van der Waals surface area contributed by atoms with Gasteiger partial charge in [0.2, 0.25) is 0 Å². The van der Waals surface area contributed by atoms with Crippen LogP contribution < -0.4 is 0 Å². The van der Waals surface area contributed by atoms with Crippen LogP contribution in [0.1, 0.15) is 13.3 Å².